The highest BCUT2D eigenvalue weighted by Crippen LogP contribution is 2.29. The maximum atomic E-state index is 13.6. The predicted molar refractivity (Wildman–Crippen MR) is 91.2 cm³/mol. The zero-order valence-electron chi connectivity index (χ0n) is 13.8. The molecule has 0 aliphatic carbocycles. The fourth-order valence-electron chi connectivity index (χ4n) is 2.15. The molecule has 0 bridgehead atoms. The highest BCUT2D eigenvalue weighted by atomic mass is 32.2. The first-order chi connectivity index (χ1) is 11.9. The van der Waals surface area contributed by atoms with Crippen molar-refractivity contribution >= 4 is 21.4 Å². The molecule has 0 saturated carbocycles. The van der Waals surface area contributed by atoms with Crippen molar-refractivity contribution < 1.29 is 27.1 Å². The zero-order chi connectivity index (χ0) is 18.4. The van der Waals surface area contributed by atoms with Crippen molar-refractivity contribution in [3.8, 4) is 11.5 Å². The molecule has 25 heavy (non-hydrogen) atoms. The molecule has 2 rings (SSSR count). The lowest BCUT2D eigenvalue weighted by molar-refractivity contribution is -0.115. The van der Waals surface area contributed by atoms with Gasteiger partial charge in [-0.1, -0.05) is 12.1 Å². The minimum atomic E-state index is -3.89. The average molecular weight is 367 g/mol. The SMILES string of the molecule is COc1ccc(NC(=O)CCS(=O)(=O)c2ccccc2F)c(OC)c1. The number of benzene rings is 2. The summed E-state index contributed by atoms with van der Waals surface area (Å²) in [5.74, 6) is -0.928. The van der Waals surface area contributed by atoms with Gasteiger partial charge in [0.25, 0.3) is 0 Å². The second-order valence-electron chi connectivity index (χ2n) is 5.11. The Hall–Kier alpha value is -2.61. The predicted octanol–water partition coefficient (Wildman–Crippen LogP) is 2.65. The van der Waals surface area contributed by atoms with Crippen LogP contribution in [0, 0.1) is 5.82 Å². The first-order valence-electron chi connectivity index (χ1n) is 7.36. The van der Waals surface area contributed by atoms with Crippen LogP contribution in [0.25, 0.3) is 0 Å². The van der Waals surface area contributed by atoms with Gasteiger partial charge in [0.15, 0.2) is 9.84 Å². The second kappa shape index (κ2) is 7.98. The number of hydrogen-bond acceptors (Lipinski definition) is 5. The third kappa shape index (κ3) is 4.69. The van der Waals surface area contributed by atoms with Gasteiger partial charge in [-0.3, -0.25) is 4.79 Å². The number of nitrogens with one attached hydrogen (secondary N) is 1. The Morgan fingerprint density at radius 2 is 1.84 bits per heavy atom. The van der Waals surface area contributed by atoms with Gasteiger partial charge in [-0.05, 0) is 24.3 Å². The first kappa shape index (κ1) is 18.7. The standard InChI is InChI=1S/C17H18FNO5S/c1-23-12-7-8-14(15(11-12)24-2)19-17(20)9-10-25(21,22)16-6-4-3-5-13(16)18/h3-8,11H,9-10H2,1-2H3,(H,19,20). The van der Waals surface area contributed by atoms with Crippen molar-refractivity contribution in [1.29, 1.82) is 0 Å². The van der Waals surface area contributed by atoms with Crippen LogP contribution >= 0.6 is 0 Å². The van der Waals surface area contributed by atoms with Crippen molar-refractivity contribution in [2.75, 3.05) is 25.3 Å². The van der Waals surface area contributed by atoms with E-state index in [0.717, 1.165) is 6.07 Å². The highest BCUT2D eigenvalue weighted by Gasteiger charge is 2.20. The molecule has 2 aromatic rings. The molecule has 0 aliphatic heterocycles. The van der Waals surface area contributed by atoms with E-state index in [1.807, 2.05) is 0 Å². The minimum Gasteiger partial charge on any atom is -0.497 e. The minimum absolute atomic E-state index is 0.314. The van der Waals surface area contributed by atoms with Crippen LogP contribution in [0.4, 0.5) is 10.1 Å². The Labute approximate surface area is 145 Å². The van der Waals surface area contributed by atoms with E-state index in [2.05, 4.69) is 5.32 Å². The number of carbonyl (C=O) groups is 1. The summed E-state index contributed by atoms with van der Waals surface area (Å²) in [6.45, 7) is 0. The van der Waals surface area contributed by atoms with Gasteiger partial charge in [-0.15, -0.1) is 0 Å². The maximum Gasteiger partial charge on any atom is 0.225 e. The summed E-state index contributed by atoms with van der Waals surface area (Å²) in [6, 6.07) is 9.88. The van der Waals surface area contributed by atoms with E-state index in [1.165, 1.54) is 32.4 Å². The second-order valence-corrected chi connectivity index (χ2v) is 7.19. The number of anilines is 1. The van der Waals surface area contributed by atoms with Crippen LogP contribution in [0.15, 0.2) is 47.4 Å². The molecule has 0 radical (unpaired) electrons. The van der Waals surface area contributed by atoms with Gasteiger partial charge < -0.3 is 14.8 Å². The van der Waals surface area contributed by atoms with Crippen molar-refractivity contribution in [3.05, 3.63) is 48.3 Å². The molecule has 8 heteroatoms. The molecule has 0 saturated heterocycles. The zero-order valence-corrected chi connectivity index (χ0v) is 14.6. The molecule has 0 fully saturated rings. The molecule has 1 N–H and O–H groups in total. The average Bonchev–Trinajstić information content (AvgIpc) is 2.60. The van der Waals surface area contributed by atoms with E-state index < -0.39 is 32.2 Å². The Kier molecular flexibility index (Phi) is 5.97. The number of hydrogen-bond donors (Lipinski definition) is 1. The largest absolute Gasteiger partial charge is 0.497 e. The molecule has 0 atom stereocenters. The molecule has 0 spiro atoms. The molecule has 0 unspecified atom stereocenters. The lowest BCUT2D eigenvalue weighted by atomic mass is 10.2. The van der Waals surface area contributed by atoms with E-state index in [0.29, 0.717) is 17.2 Å². The third-order valence-electron chi connectivity index (χ3n) is 3.45. The van der Waals surface area contributed by atoms with Gasteiger partial charge in [0.05, 0.1) is 25.7 Å². The third-order valence-corrected chi connectivity index (χ3v) is 5.20. The number of carbonyl (C=O) groups excluding carboxylic acids is 1. The molecule has 0 heterocycles. The lowest BCUT2D eigenvalue weighted by Gasteiger charge is -2.12. The molecule has 0 aliphatic rings. The van der Waals surface area contributed by atoms with Crippen LogP contribution in [0.1, 0.15) is 6.42 Å². The van der Waals surface area contributed by atoms with Crippen LogP contribution in [0.3, 0.4) is 0 Å². The summed E-state index contributed by atoms with van der Waals surface area (Å²) in [7, 11) is -0.954. The fraction of sp³-hybridized carbons (Fsp3) is 0.235. The highest BCUT2D eigenvalue weighted by molar-refractivity contribution is 7.91. The van der Waals surface area contributed by atoms with Gasteiger partial charge >= 0.3 is 0 Å². The van der Waals surface area contributed by atoms with Crippen LogP contribution in [-0.4, -0.2) is 34.3 Å². The smallest absolute Gasteiger partial charge is 0.225 e. The van der Waals surface area contributed by atoms with E-state index >= 15 is 0 Å². The van der Waals surface area contributed by atoms with Gasteiger partial charge in [-0.2, -0.15) is 0 Å². The first-order valence-corrected chi connectivity index (χ1v) is 9.02. The number of rotatable bonds is 7. The molecule has 0 aromatic heterocycles. The van der Waals surface area contributed by atoms with Gasteiger partial charge in [0.2, 0.25) is 5.91 Å². The summed E-state index contributed by atoms with van der Waals surface area (Å²) in [5, 5.41) is 2.57. The molecular formula is C17H18FNO5S. The summed E-state index contributed by atoms with van der Waals surface area (Å²) < 4.78 is 48.1. The van der Waals surface area contributed by atoms with Crippen LogP contribution in [0.2, 0.25) is 0 Å². The molecule has 1 amide bonds. The lowest BCUT2D eigenvalue weighted by Crippen LogP contribution is -2.18. The number of sulfone groups is 1. The Morgan fingerprint density at radius 3 is 2.48 bits per heavy atom. The normalized spacial score (nSPS) is 11.0. The van der Waals surface area contributed by atoms with E-state index in [-0.39, 0.29) is 6.42 Å². The Bertz CT molecular complexity index is 867. The van der Waals surface area contributed by atoms with Gasteiger partial charge in [0.1, 0.15) is 22.2 Å². The number of ether oxygens (including phenoxy) is 2. The van der Waals surface area contributed by atoms with E-state index in [1.54, 1.807) is 18.2 Å². The molecule has 134 valence electrons. The van der Waals surface area contributed by atoms with Crippen molar-refractivity contribution in [2.45, 2.75) is 11.3 Å². The molecular weight excluding hydrogens is 349 g/mol. The summed E-state index contributed by atoms with van der Waals surface area (Å²) in [4.78, 5) is 11.6. The Balaban J connectivity index is 2.05. The topological polar surface area (TPSA) is 81.7 Å². The van der Waals surface area contributed by atoms with E-state index in [9.17, 15) is 17.6 Å². The summed E-state index contributed by atoms with van der Waals surface area (Å²) in [6.07, 6.45) is -0.314. The summed E-state index contributed by atoms with van der Waals surface area (Å²) in [5.41, 5.74) is 0.386. The quantitative estimate of drug-likeness (QED) is 0.814. The number of amides is 1. The van der Waals surface area contributed by atoms with Crippen molar-refractivity contribution in [2.24, 2.45) is 0 Å². The maximum absolute atomic E-state index is 13.6. The number of halogens is 1. The van der Waals surface area contributed by atoms with Crippen molar-refractivity contribution in [3.63, 3.8) is 0 Å². The van der Waals surface area contributed by atoms with Gasteiger partial charge in [-0.25, -0.2) is 12.8 Å². The van der Waals surface area contributed by atoms with Crippen LogP contribution < -0.4 is 14.8 Å². The Morgan fingerprint density at radius 1 is 1.12 bits per heavy atom. The van der Waals surface area contributed by atoms with Crippen LogP contribution in [-0.2, 0) is 14.6 Å². The molecule has 6 nitrogen and oxygen atoms in total. The summed E-state index contributed by atoms with van der Waals surface area (Å²) >= 11 is 0. The monoisotopic (exact) mass is 367 g/mol. The van der Waals surface area contributed by atoms with Gasteiger partial charge in [0, 0.05) is 12.5 Å². The number of methoxy groups -OCH3 is 2. The van der Waals surface area contributed by atoms with Crippen molar-refractivity contribution in [1.82, 2.24) is 0 Å². The molecule has 2 aromatic carbocycles. The van der Waals surface area contributed by atoms with Crippen LogP contribution in [0.5, 0.6) is 11.5 Å². The van der Waals surface area contributed by atoms with E-state index in [4.69, 9.17) is 9.47 Å². The fourth-order valence-corrected chi connectivity index (χ4v) is 3.47.